The first-order valence-corrected chi connectivity index (χ1v) is 4.12. The zero-order valence-electron chi connectivity index (χ0n) is 7.36. The first-order valence-electron chi connectivity index (χ1n) is 4.12. The Morgan fingerprint density at radius 3 is 2.77 bits per heavy atom. The van der Waals surface area contributed by atoms with E-state index in [1.54, 1.807) is 12.2 Å². The van der Waals surface area contributed by atoms with Gasteiger partial charge in [-0.3, -0.25) is 4.79 Å². The van der Waals surface area contributed by atoms with Crippen LogP contribution in [-0.2, 0) is 14.3 Å². The number of carboxylic acid groups (broad SMARTS) is 1. The van der Waals surface area contributed by atoms with E-state index in [0.29, 0.717) is 12.8 Å². The topological polar surface area (TPSA) is 66.4 Å². The van der Waals surface area contributed by atoms with Crippen LogP contribution in [0.2, 0.25) is 0 Å². The van der Waals surface area contributed by atoms with E-state index in [9.17, 15) is 14.7 Å². The van der Waals surface area contributed by atoms with Crippen molar-refractivity contribution in [3.63, 3.8) is 0 Å². The molecule has 0 amide bonds. The van der Waals surface area contributed by atoms with Crippen LogP contribution in [0.5, 0.6) is 0 Å². The molecule has 4 nitrogen and oxygen atoms in total. The summed E-state index contributed by atoms with van der Waals surface area (Å²) < 4.78 is 4.49. The number of hydrogen-bond donors (Lipinski definition) is 0. The van der Waals surface area contributed by atoms with Crippen LogP contribution >= 0.6 is 0 Å². The van der Waals surface area contributed by atoms with Crippen molar-refractivity contribution in [1.82, 2.24) is 0 Å². The predicted molar refractivity (Wildman–Crippen MR) is 42.4 cm³/mol. The molecule has 13 heavy (non-hydrogen) atoms. The zero-order valence-corrected chi connectivity index (χ0v) is 7.36. The molecule has 2 atom stereocenters. The number of ether oxygens (including phenoxy) is 1. The quantitative estimate of drug-likeness (QED) is 0.427. The Kier molecular flexibility index (Phi) is 3.06. The molecular formula is C9H11O4-. The van der Waals surface area contributed by atoms with Crippen molar-refractivity contribution in [2.45, 2.75) is 12.8 Å². The van der Waals surface area contributed by atoms with E-state index in [1.165, 1.54) is 7.11 Å². The highest BCUT2D eigenvalue weighted by Gasteiger charge is 2.29. The van der Waals surface area contributed by atoms with Gasteiger partial charge in [-0.05, 0) is 12.8 Å². The van der Waals surface area contributed by atoms with Crippen LogP contribution in [0.3, 0.4) is 0 Å². The highest BCUT2D eigenvalue weighted by molar-refractivity contribution is 5.82. The van der Waals surface area contributed by atoms with Gasteiger partial charge in [0.15, 0.2) is 0 Å². The molecule has 0 heterocycles. The molecule has 4 heteroatoms. The van der Waals surface area contributed by atoms with Crippen LogP contribution in [0.25, 0.3) is 0 Å². The van der Waals surface area contributed by atoms with Crippen LogP contribution in [0.4, 0.5) is 0 Å². The van der Waals surface area contributed by atoms with Crippen molar-refractivity contribution in [2.75, 3.05) is 7.11 Å². The SMILES string of the molecule is COC(=O)C1C=CCCC1C(=O)[O-]. The third kappa shape index (κ3) is 2.08. The number of allylic oxidation sites excluding steroid dienone is 1. The van der Waals surface area contributed by atoms with Crippen LogP contribution in [0, 0.1) is 11.8 Å². The Morgan fingerprint density at radius 1 is 1.54 bits per heavy atom. The number of esters is 1. The normalized spacial score (nSPS) is 26.8. The summed E-state index contributed by atoms with van der Waals surface area (Å²) in [6.07, 6.45) is 4.49. The molecule has 0 aromatic carbocycles. The van der Waals surface area contributed by atoms with Gasteiger partial charge in [0.2, 0.25) is 0 Å². The third-order valence-electron chi connectivity index (χ3n) is 2.20. The fraction of sp³-hybridized carbons (Fsp3) is 0.556. The van der Waals surface area contributed by atoms with Gasteiger partial charge in [0, 0.05) is 11.9 Å². The van der Waals surface area contributed by atoms with E-state index in [-0.39, 0.29) is 0 Å². The minimum Gasteiger partial charge on any atom is -0.550 e. The van der Waals surface area contributed by atoms with Gasteiger partial charge in [-0.25, -0.2) is 0 Å². The standard InChI is InChI=1S/C9H12O4/c1-13-9(12)7-5-3-2-4-6(7)8(10)11/h3,5-7H,2,4H2,1H3,(H,10,11)/p-1. The molecule has 0 N–H and O–H groups in total. The van der Waals surface area contributed by atoms with Crippen LogP contribution in [0.15, 0.2) is 12.2 Å². The van der Waals surface area contributed by atoms with E-state index >= 15 is 0 Å². The van der Waals surface area contributed by atoms with Gasteiger partial charge in [-0.15, -0.1) is 0 Å². The predicted octanol–water partition coefficient (Wildman–Crippen LogP) is -0.508. The maximum Gasteiger partial charge on any atom is 0.313 e. The molecule has 0 aromatic rings. The van der Waals surface area contributed by atoms with Crippen molar-refractivity contribution in [3.05, 3.63) is 12.2 Å². The van der Waals surface area contributed by atoms with Crippen molar-refractivity contribution in [3.8, 4) is 0 Å². The van der Waals surface area contributed by atoms with Gasteiger partial charge in [0.25, 0.3) is 0 Å². The van der Waals surface area contributed by atoms with Gasteiger partial charge < -0.3 is 14.6 Å². The van der Waals surface area contributed by atoms with Gasteiger partial charge in [0.1, 0.15) is 0 Å². The van der Waals surface area contributed by atoms with Crippen LogP contribution in [0.1, 0.15) is 12.8 Å². The molecule has 72 valence electrons. The van der Waals surface area contributed by atoms with E-state index < -0.39 is 23.8 Å². The fourth-order valence-electron chi connectivity index (χ4n) is 1.48. The van der Waals surface area contributed by atoms with Crippen molar-refractivity contribution < 1.29 is 19.4 Å². The average Bonchev–Trinajstić information content (AvgIpc) is 2.16. The summed E-state index contributed by atoms with van der Waals surface area (Å²) in [6.45, 7) is 0. The Labute approximate surface area is 76.2 Å². The Hall–Kier alpha value is -1.32. The van der Waals surface area contributed by atoms with E-state index in [1.807, 2.05) is 0 Å². The lowest BCUT2D eigenvalue weighted by Crippen LogP contribution is -2.39. The highest BCUT2D eigenvalue weighted by Crippen LogP contribution is 2.25. The molecule has 0 spiro atoms. The summed E-state index contributed by atoms with van der Waals surface area (Å²) in [5.74, 6) is -3.11. The highest BCUT2D eigenvalue weighted by atomic mass is 16.5. The first-order chi connectivity index (χ1) is 6.16. The summed E-state index contributed by atoms with van der Waals surface area (Å²) in [6, 6.07) is 0. The number of carbonyl (C=O) groups excluding carboxylic acids is 2. The molecule has 0 aromatic heterocycles. The molecule has 0 saturated heterocycles. The van der Waals surface area contributed by atoms with E-state index in [0.717, 1.165) is 0 Å². The van der Waals surface area contributed by atoms with E-state index in [4.69, 9.17) is 0 Å². The maximum atomic E-state index is 11.1. The number of methoxy groups -OCH3 is 1. The van der Waals surface area contributed by atoms with Gasteiger partial charge in [-0.2, -0.15) is 0 Å². The molecule has 0 radical (unpaired) electrons. The number of rotatable bonds is 2. The summed E-state index contributed by atoms with van der Waals surface area (Å²) in [7, 11) is 1.25. The summed E-state index contributed by atoms with van der Waals surface area (Å²) >= 11 is 0. The molecule has 1 aliphatic carbocycles. The van der Waals surface area contributed by atoms with Crippen LogP contribution < -0.4 is 5.11 Å². The molecular weight excluding hydrogens is 172 g/mol. The fourth-order valence-corrected chi connectivity index (χ4v) is 1.48. The Bertz CT molecular complexity index is 244. The van der Waals surface area contributed by atoms with Gasteiger partial charge in [0.05, 0.1) is 13.0 Å². The molecule has 0 bridgehead atoms. The molecule has 0 fully saturated rings. The van der Waals surface area contributed by atoms with Crippen molar-refractivity contribution in [2.24, 2.45) is 11.8 Å². The second-order valence-electron chi connectivity index (χ2n) is 2.98. The average molecular weight is 183 g/mol. The second kappa shape index (κ2) is 4.07. The molecule has 1 aliphatic rings. The smallest absolute Gasteiger partial charge is 0.313 e. The lowest BCUT2D eigenvalue weighted by atomic mass is 9.84. The second-order valence-corrected chi connectivity index (χ2v) is 2.98. The molecule has 0 saturated carbocycles. The van der Waals surface area contributed by atoms with E-state index in [2.05, 4.69) is 4.74 Å². The Morgan fingerprint density at radius 2 is 2.23 bits per heavy atom. The van der Waals surface area contributed by atoms with Crippen molar-refractivity contribution in [1.29, 1.82) is 0 Å². The zero-order chi connectivity index (χ0) is 9.84. The number of hydrogen-bond acceptors (Lipinski definition) is 4. The summed E-state index contributed by atoms with van der Waals surface area (Å²) in [5, 5.41) is 10.6. The monoisotopic (exact) mass is 183 g/mol. The number of aliphatic carboxylic acids is 1. The minimum atomic E-state index is -1.18. The molecule has 1 rings (SSSR count). The van der Waals surface area contributed by atoms with Gasteiger partial charge in [-0.1, -0.05) is 12.2 Å². The largest absolute Gasteiger partial charge is 0.550 e. The molecule has 0 aliphatic heterocycles. The minimum absolute atomic E-state index is 0.443. The lowest BCUT2D eigenvalue weighted by molar-refractivity contribution is -0.313. The Balaban J connectivity index is 2.77. The third-order valence-corrected chi connectivity index (χ3v) is 2.20. The number of carboxylic acids is 1. The molecule has 2 unspecified atom stereocenters. The summed E-state index contributed by atoms with van der Waals surface area (Å²) in [4.78, 5) is 21.7. The number of carbonyl (C=O) groups is 2. The first kappa shape index (κ1) is 9.77. The lowest BCUT2D eigenvalue weighted by Gasteiger charge is -2.26. The van der Waals surface area contributed by atoms with Crippen molar-refractivity contribution >= 4 is 11.9 Å². The maximum absolute atomic E-state index is 11.1. The summed E-state index contributed by atoms with van der Waals surface area (Å²) in [5.41, 5.74) is 0. The van der Waals surface area contributed by atoms with Crippen LogP contribution in [-0.4, -0.2) is 19.0 Å². The van der Waals surface area contributed by atoms with Gasteiger partial charge >= 0.3 is 5.97 Å².